The van der Waals surface area contributed by atoms with Crippen molar-refractivity contribution in [3.05, 3.63) is 102 Å². The van der Waals surface area contributed by atoms with Crippen LogP contribution in [0.3, 0.4) is 0 Å². The third kappa shape index (κ3) is 12.0. The van der Waals surface area contributed by atoms with Gasteiger partial charge in [0.15, 0.2) is 0 Å². The maximum absolute atomic E-state index is 13.5. The van der Waals surface area contributed by atoms with Gasteiger partial charge in [0.1, 0.15) is 6.04 Å². The van der Waals surface area contributed by atoms with Crippen LogP contribution in [0.2, 0.25) is 0 Å². The molecule has 10 nitrogen and oxygen atoms in total. The average Bonchev–Trinajstić information content (AvgIpc) is 3.05. The number of carbonyl (C=O) groups is 3. The Morgan fingerprint density at radius 2 is 1.39 bits per heavy atom. The molecule has 4 atom stereocenters. The Kier molecular flexibility index (Phi) is 14.0. The SMILES string of the molecule is CC(C)C[C@H](NC(=O)c1cccc(N(C)S(=O)(=O)Cc2ccccc2)c1)[C@@H](O)C[C@@H](C)C(=O)N[C@@H](C(=O)NCc1ccccc1)C(C)(C)C. The Morgan fingerprint density at radius 1 is 0.796 bits per heavy atom. The largest absolute Gasteiger partial charge is 0.391 e. The summed E-state index contributed by atoms with van der Waals surface area (Å²) >= 11 is 0. The fourth-order valence-electron chi connectivity index (χ4n) is 5.44. The van der Waals surface area contributed by atoms with E-state index in [0.717, 1.165) is 9.87 Å². The normalized spacial score (nSPS) is 14.3. The summed E-state index contributed by atoms with van der Waals surface area (Å²) in [6.07, 6.45) is -0.574. The molecule has 0 aromatic heterocycles. The van der Waals surface area contributed by atoms with Gasteiger partial charge in [-0.15, -0.1) is 0 Å². The fraction of sp³-hybridized carbons (Fsp3) is 0.447. The highest BCUT2D eigenvalue weighted by Gasteiger charge is 2.35. The van der Waals surface area contributed by atoms with Crippen molar-refractivity contribution in [1.29, 1.82) is 0 Å². The molecular weight excluding hydrogens is 641 g/mol. The van der Waals surface area contributed by atoms with Gasteiger partial charge < -0.3 is 21.1 Å². The first-order chi connectivity index (χ1) is 23.0. The summed E-state index contributed by atoms with van der Waals surface area (Å²) in [5.41, 5.74) is 1.58. The van der Waals surface area contributed by atoms with E-state index in [1.165, 1.54) is 13.1 Å². The summed E-state index contributed by atoms with van der Waals surface area (Å²) in [4.78, 5) is 40.0. The summed E-state index contributed by atoms with van der Waals surface area (Å²) < 4.78 is 27.4. The highest BCUT2D eigenvalue weighted by atomic mass is 32.2. The fourth-order valence-corrected chi connectivity index (χ4v) is 6.68. The van der Waals surface area contributed by atoms with Gasteiger partial charge in [0.25, 0.3) is 5.91 Å². The molecule has 266 valence electrons. The summed E-state index contributed by atoms with van der Waals surface area (Å²) in [5.74, 6) is -1.90. The number of nitrogens with one attached hydrogen (secondary N) is 3. The second-order valence-electron chi connectivity index (χ2n) is 14.2. The van der Waals surface area contributed by atoms with E-state index in [0.29, 0.717) is 24.2 Å². The van der Waals surface area contributed by atoms with Gasteiger partial charge >= 0.3 is 0 Å². The molecule has 11 heteroatoms. The van der Waals surface area contributed by atoms with Crippen LogP contribution in [0.25, 0.3) is 0 Å². The highest BCUT2D eigenvalue weighted by Crippen LogP contribution is 2.23. The molecule has 0 aliphatic heterocycles. The van der Waals surface area contributed by atoms with Crippen LogP contribution in [0.4, 0.5) is 5.69 Å². The van der Waals surface area contributed by atoms with E-state index in [9.17, 15) is 27.9 Å². The summed E-state index contributed by atoms with van der Waals surface area (Å²) in [6, 6.07) is 23.2. The van der Waals surface area contributed by atoms with Crippen LogP contribution in [0.1, 0.15) is 75.9 Å². The molecule has 0 saturated carbocycles. The van der Waals surface area contributed by atoms with Crippen molar-refractivity contribution in [3.63, 3.8) is 0 Å². The van der Waals surface area contributed by atoms with E-state index in [1.807, 2.05) is 71.0 Å². The van der Waals surface area contributed by atoms with Gasteiger partial charge in [-0.25, -0.2) is 8.42 Å². The number of carbonyl (C=O) groups excluding carboxylic acids is 3. The standard InChI is InChI=1S/C38H52N4O6S/c1-26(2)21-32(40-36(45)30-19-14-20-31(23-30)42(7)49(47,48)25-29-17-12-9-13-18-29)33(43)22-27(3)35(44)41-34(38(4,5)6)37(46)39-24-28-15-10-8-11-16-28/h8-20,23,26-27,32-34,43H,21-22,24-25H2,1-7H3,(H,39,46)(H,40,45)(H,41,44)/t27-,32+,33+,34+/m1/s1. The van der Waals surface area contributed by atoms with Crippen molar-refractivity contribution in [2.45, 2.75) is 84.9 Å². The van der Waals surface area contributed by atoms with Crippen molar-refractivity contribution in [2.75, 3.05) is 11.4 Å². The summed E-state index contributed by atoms with van der Waals surface area (Å²) in [7, 11) is -2.28. The van der Waals surface area contributed by atoms with Gasteiger partial charge in [0.05, 0.1) is 23.6 Å². The lowest BCUT2D eigenvalue weighted by atomic mass is 9.85. The Morgan fingerprint density at radius 3 is 1.96 bits per heavy atom. The number of amides is 3. The lowest BCUT2D eigenvalue weighted by Crippen LogP contribution is -2.55. The molecule has 4 N–H and O–H groups in total. The third-order valence-corrected chi connectivity index (χ3v) is 10.1. The zero-order valence-corrected chi connectivity index (χ0v) is 30.5. The van der Waals surface area contributed by atoms with Gasteiger partial charge in [0, 0.05) is 25.1 Å². The van der Waals surface area contributed by atoms with Crippen LogP contribution in [0.15, 0.2) is 84.9 Å². The summed E-state index contributed by atoms with van der Waals surface area (Å²) in [5, 5.41) is 20.0. The minimum atomic E-state index is -3.72. The lowest BCUT2D eigenvalue weighted by molar-refractivity contribution is -0.134. The number of hydrogen-bond donors (Lipinski definition) is 4. The Hall–Kier alpha value is -4.22. The van der Waals surface area contributed by atoms with Crippen molar-refractivity contribution >= 4 is 33.4 Å². The monoisotopic (exact) mass is 692 g/mol. The molecule has 3 aromatic rings. The zero-order chi connectivity index (χ0) is 36.4. The van der Waals surface area contributed by atoms with Crippen LogP contribution >= 0.6 is 0 Å². The number of sulfonamides is 1. The van der Waals surface area contributed by atoms with E-state index in [-0.39, 0.29) is 35.5 Å². The number of rotatable bonds is 16. The minimum absolute atomic E-state index is 0.0481. The molecule has 0 aliphatic rings. The van der Waals surface area contributed by atoms with Gasteiger partial charge in [-0.1, -0.05) is 108 Å². The van der Waals surface area contributed by atoms with Gasteiger partial charge in [0.2, 0.25) is 21.8 Å². The number of aliphatic hydroxyl groups excluding tert-OH is 1. The highest BCUT2D eigenvalue weighted by molar-refractivity contribution is 7.92. The predicted molar refractivity (Wildman–Crippen MR) is 194 cm³/mol. The van der Waals surface area contributed by atoms with Crippen molar-refractivity contribution in [1.82, 2.24) is 16.0 Å². The van der Waals surface area contributed by atoms with Gasteiger partial charge in [-0.3, -0.25) is 18.7 Å². The molecule has 0 radical (unpaired) electrons. The van der Waals surface area contributed by atoms with E-state index in [1.54, 1.807) is 49.4 Å². The number of aliphatic hydroxyl groups is 1. The molecule has 0 saturated heterocycles. The van der Waals surface area contributed by atoms with Crippen LogP contribution in [-0.4, -0.2) is 56.5 Å². The maximum Gasteiger partial charge on any atom is 0.251 e. The van der Waals surface area contributed by atoms with E-state index >= 15 is 0 Å². The average molecular weight is 693 g/mol. The maximum atomic E-state index is 13.5. The van der Waals surface area contributed by atoms with E-state index in [4.69, 9.17) is 0 Å². The predicted octanol–water partition coefficient (Wildman–Crippen LogP) is 5.03. The Bertz CT molecular complexity index is 1640. The molecule has 3 amide bonds. The van der Waals surface area contributed by atoms with Crippen molar-refractivity contribution in [2.24, 2.45) is 17.3 Å². The van der Waals surface area contributed by atoms with Crippen LogP contribution in [-0.2, 0) is 31.9 Å². The van der Waals surface area contributed by atoms with Gasteiger partial charge in [-0.2, -0.15) is 0 Å². The molecule has 0 unspecified atom stereocenters. The zero-order valence-electron chi connectivity index (χ0n) is 29.6. The number of nitrogens with zero attached hydrogens (tertiary/aromatic N) is 1. The van der Waals surface area contributed by atoms with E-state index < -0.39 is 45.5 Å². The topological polar surface area (TPSA) is 145 Å². The van der Waals surface area contributed by atoms with Crippen LogP contribution in [0, 0.1) is 17.3 Å². The first kappa shape index (κ1) is 39.2. The first-order valence-electron chi connectivity index (χ1n) is 16.7. The molecule has 49 heavy (non-hydrogen) atoms. The molecule has 3 aromatic carbocycles. The van der Waals surface area contributed by atoms with Crippen molar-refractivity contribution in [3.8, 4) is 0 Å². The van der Waals surface area contributed by atoms with E-state index in [2.05, 4.69) is 16.0 Å². The second kappa shape index (κ2) is 17.4. The lowest BCUT2D eigenvalue weighted by Gasteiger charge is -2.32. The number of hydrogen-bond acceptors (Lipinski definition) is 6. The summed E-state index contributed by atoms with van der Waals surface area (Å²) in [6.45, 7) is 11.6. The number of anilines is 1. The second-order valence-corrected chi connectivity index (χ2v) is 16.2. The molecule has 0 heterocycles. The quantitative estimate of drug-likeness (QED) is 0.166. The number of benzene rings is 3. The van der Waals surface area contributed by atoms with Crippen molar-refractivity contribution < 1.29 is 27.9 Å². The van der Waals surface area contributed by atoms with Crippen LogP contribution in [0.5, 0.6) is 0 Å². The Labute approximate surface area is 291 Å². The minimum Gasteiger partial charge on any atom is -0.391 e. The third-order valence-electron chi connectivity index (χ3n) is 8.35. The molecule has 0 fully saturated rings. The van der Waals surface area contributed by atoms with Crippen LogP contribution < -0.4 is 20.3 Å². The molecule has 0 spiro atoms. The molecule has 0 aliphatic carbocycles. The molecular formula is C38H52N4O6S. The molecule has 3 rings (SSSR count). The van der Waals surface area contributed by atoms with Gasteiger partial charge in [-0.05, 0) is 53.5 Å². The molecule has 0 bridgehead atoms. The first-order valence-corrected chi connectivity index (χ1v) is 18.3. The smallest absolute Gasteiger partial charge is 0.251 e. The Balaban J connectivity index is 1.67.